The van der Waals surface area contributed by atoms with Crippen molar-refractivity contribution in [2.45, 2.75) is 39.6 Å². The SMILES string of the molecule is CCN(Cc1cc(C)ccc1-c1cc(CC(=O)O)cc(C(F)(F)F)c1)C(=O)OCc1ccc(F)cc1. The molecule has 0 bridgehead atoms. The van der Waals surface area contributed by atoms with Gasteiger partial charge in [0.15, 0.2) is 0 Å². The van der Waals surface area contributed by atoms with Crippen LogP contribution in [0, 0.1) is 12.7 Å². The second kappa shape index (κ2) is 11.2. The fourth-order valence-corrected chi connectivity index (χ4v) is 3.75. The summed E-state index contributed by atoms with van der Waals surface area (Å²) in [5, 5.41) is 9.11. The van der Waals surface area contributed by atoms with E-state index >= 15 is 0 Å². The molecule has 0 heterocycles. The maximum absolute atomic E-state index is 13.5. The van der Waals surface area contributed by atoms with Crippen LogP contribution < -0.4 is 0 Å². The van der Waals surface area contributed by atoms with Crippen molar-refractivity contribution in [3.05, 3.63) is 94.3 Å². The molecule has 0 radical (unpaired) electrons. The van der Waals surface area contributed by atoms with Crippen LogP contribution in [0.25, 0.3) is 11.1 Å². The van der Waals surface area contributed by atoms with Gasteiger partial charge in [0.1, 0.15) is 12.4 Å². The van der Waals surface area contributed by atoms with Gasteiger partial charge in [0.25, 0.3) is 0 Å². The van der Waals surface area contributed by atoms with Crippen LogP contribution in [-0.2, 0) is 35.3 Å². The molecule has 0 spiro atoms. The van der Waals surface area contributed by atoms with E-state index in [0.717, 1.165) is 17.7 Å². The minimum absolute atomic E-state index is 0.0184. The lowest BCUT2D eigenvalue weighted by Gasteiger charge is -2.23. The molecule has 3 rings (SSSR count). The Bertz CT molecular complexity index is 1240. The van der Waals surface area contributed by atoms with Gasteiger partial charge in [0.2, 0.25) is 0 Å². The Morgan fingerprint density at radius 2 is 1.67 bits per heavy atom. The van der Waals surface area contributed by atoms with Crippen molar-refractivity contribution in [1.82, 2.24) is 4.90 Å². The number of aliphatic carboxylic acids is 1. The van der Waals surface area contributed by atoms with Gasteiger partial charge in [-0.3, -0.25) is 4.79 Å². The van der Waals surface area contributed by atoms with E-state index in [0.29, 0.717) is 16.7 Å². The molecule has 1 N–H and O–H groups in total. The molecule has 0 unspecified atom stereocenters. The fraction of sp³-hybridized carbons (Fsp3) is 0.259. The van der Waals surface area contributed by atoms with Crippen LogP contribution in [-0.4, -0.2) is 28.6 Å². The summed E-state index contributed by atoms with van der Waals surface area (Å²) >= 11 is 0. The maximum atomic E-state index is 13.5. The first-order chi connectivity index (χ1) is 17.0. The molecule has 0 atom stereocenters. The fourth-order valence-electron chi connectivity index (χ4n) is 3.75. The van der Waals surface area contributed by atoms with E-state index in [4.69, 9.17) is 9.84 Å². The normalized spacial score (nSPS) is 11.3. The average Bonchev–Trinajstić information content (AvgIpc) is 2.81. The molecule has 190 valence electrons. The Hall–Kier alpha value is -3.88. The number of alkyl halides is 3. The smallest absolute Gasteiger partial charge is 0.416 e. The van der Waals surface area contributed by atoms with Crippen LogP contribution in [0.15, 0.2) is 60.7 Å². The van der Waals surface area contributed by atoms with E-state index in [-0.39, 0.29) is 30.8 Å². The predicted molar refractivity (Wildman–Crippen MR) is 126 cm³/mol. The third kappa shape index (κ3) is 7.07. The van der Waals surface area contributed by atoms with Gasteiger partial charge < -0.3 is 14.7 Å². The molecule has 3 aromatic rings. The number of amides is 1. The highest BCUT2D eigenvalue weighted by molar-refractivity contribution is 5.75. The second-order valence-corrected chi connectivity index (χ2v) is 8.34. The minimum Gasteiger partial charge on any atom is -0.481 e. The van der Waals surface area contributed by atoms with Gasteiger partial charge in [-0.25, -0.2) is 9.18 Å². The van der Waals surface area contributed by atoms with Crippen LogP contribution in [0.5, 0.6) is 0 Å². The number of hydrogen-bond donors (Lipinski definition) is 1. The number of carboxylic acids is 1. The molecule has 1 amide bonds. The van der Waals surface area contributed by atoms with Crippen LogP contribution in [0.4, 0.5) is 22.4 Å². The van der Waals surface area contributed by atoms with Crippen molar-refractivity contribution in [2.24, 2.45) is 0 Å². The standard InChI is InChI=1S/C27H25F4NO4/c1-3-32(26(35)36-16-18-5-7-23(28)8-6-18)15-21-10-17(2)4-9-24(21)20-11-19(13-25(33)34)12-22(14-20)27(29,30)31/h4-12,14H,3,13,15-16H2,1-2H3,(H,33,34). The Morgan fingerprint density at radius 1 is 0.972 bits per heavy atom. The Labute approximate surface area is 205 Å². The summed E-state index contributed by atoms with van der Waals surface area (Å²) in [5.41, 5.74) is 1.74. The Kier molecular flexibility index (Phi) is 8.34. The van der Waals surface area contributed by atoms with E-state index in [1.165, 1.54) is 35.2 Å². The molecule has 0 fully saturated rings. The summed E-state index contributed by atoms with van der Waals surface area (Å²) < 4.78 is 59.1. The molecular weight excluding hydrogens is 478 g/mol. The van der Waals surface area contributed by atoms with E-state index in [9.17, 15) is 27.2 Å². The highest BCUT2D eigenvalue weighted by Gasteiger charge is 2.31. The molecule has 0 aliphatic carbocycles. The third-order valence-corrected chi connectivity index (χ3v) is 5.52. The van der Waals surface area contributed by atoms with Crippen molar-refractivity contribution >= 4 is 12.1 Å². The Balaban J connectivity index is 1.91. The molecule has 0 saturated carbocycles. The predicted octanol–water partition coefficient (Wildman–Crippen LogP) is 6.61. The number of benzene rings is 3. The lowest BCUT2D eigenvalue weighted by Crippen LogP contribution is -2.31. The van der Waals surface area contributed by atoms with E-state index < -0.39 is 36.0 Å². The van der Waals surface area contributed by atoms with Gasteiger partial charge >= 0.3 is 18.2 Å². The lowest BCUT2D eigenvalue weighted by molar-refractivity contribution is -0.138. The van der Waals surface area contributed by atoms with Gasteiger partial charge in [0, 0.05) is 13.1 Å². The zero-order valence-electron chi connectivity index (χ0n) is 19.7. The summed E-state index contributed by atoms with van der Waals surface area (Å²) in [5.74, 6) is -1.65. The minimum atomic E-state index is -4.66. The Morgan fingerprint density at radius 3 is 2.28 bits per heavy atom. The monoisotopic (exact) mass is 503 g/mol. The summed E-state index contributed by atoms with van der Waals surface area (Å²) in [6, 6.07) is 13.9. The van der Waals surface area contributed by atoms with Crippen molar-refractivity contribution in [3.63, 3.8) is 0 Å². The van der Waals surface area contributed by atoms with Crippen LogP contribution in [0.3, 0.4) is 0 Å². The van der Waals surface area contributed by atoms with Crippen molar-refractivity contribution in [1.29, 1.82) is 0 Å². The van der Waals surface area contributed by atoms with Crippen LogP contribution >= 0.6 is 0 Å². The summed E-state index contributed by atoms with van der Waals surface area (Å²) in [6.07, 6.45) is -5.85. The number of aryl methyl sites for hydroxylation is 1. The van der Waals surface area contributed by atoms with Crippen molar-refractivity contribution in [2.75, 3.05) is 6.54 Å². The van der Waals surface area contributed by atoms with E-state index in [2.05, 4.69) is 0 Å². The molecule has 0 aromatic heterocycles. The van der Waals surface area contributed by atoms with Gasteiger partial charge in [-0.2, -0.15) is 13.2 Å². The zero-order chi connectivity index (χ0) is 26.5. The van der Waals surface area contributed by atoms with E-state index in [1.54, 1.807) is 25.1 Å². The summed E-state index contributed by atoms with van der Waals surface area (Å²) in [7, 11) is 0. The highest BCUT2D eigenvalue weighted by Crippen LogP contribution is 2.35. The molecule has 9 heteroatoms. The van der Waals surface area contributed by atoms with Crippen molar-refractivity contribution in [3.8, 4) is 11.1 Å². The highest BCUT2D eigenvalue weighted by atomic mass is 19.4. The average molecular weight is 503 g/mol. The largest absolute Gasteiger partial charge is 0.481 e. The van der Waals surface area contributed by atoms with Crippen molar-refractivity contribution < 1.29 is 37.0 Å². The number of carboxylic acid groups (broad SMARTS) is 1. The number of rotatable bonds is 8. The van der Waals surface area contributed by atoms with Gasteiger partial charge in [-0.15, -0.1) is 0 Å². The first-order valence-electron chi connectivity index (χ1n) is 11.1. The third-order valence-electron chi connectivity index (χ3n) is 5.52. The number of hydrogen-bond acceptors (Lipinski definition) is 3. The van der Waals surface area contributed by atoms with Crippen LogP contribution in [0.1, 0.15) is 34.7 Å². The number of ether oxygens (including phenoxy) is 1. The number of halogens is 4. The summed E-state index contributed by atoms with van der Waals surface area (Å²) in [6.45, 7) is 3.81. The maximum Gasteiger partial charge on any atom is 0.416 e. The number of nitrogens with zero attached hydrogens (tertiary/aromatic N) is 1. The zero-order valence-corrected chi connectivity index (χ0v) is 19.7. The van der Waals surface area contributed by atoms with Crippen LogP contribution in [0.2, 0.25) is 0 Å². The van der Waals surface area contributed by atoms with Gasteiger partial charge in [-0.1, -0.05) is 42.0 Å². The molecule has 3 aromatic carbocycles. The summed E-state index contributed by atoms with van der Waals surface area (Å²) in [4.78, 5) is 25.3. The number of carbonyl (C=O) groups is 2. The molecule has 5 nitrogen and oxygen atoms in total. The van der Waals surface area contributed by atoms with Gasteiger partial charge in [0.05, 0.1) is 12.0 Å². The number of carbonyl (C=O) groups excluding carboxylic acids is 1. The molecular formula is C27H25F4NO4. The second-order valence-electron chi connectivity index (χ2n) is 8.34. The first kappa shape index (κ1) is 26.7. The topological polar surface area (TPSA) is 66.8 Å². The molecule has 0 saturated heterocycles. The quantitative estimate of drug-likeness (QED) is 0.352. The van der Waals surface area contributed by atoms with E-state index in [1.807, 2.05) is 6.92 Å². The molecule has 36 heavy (non-hydrogen) atoms. The molecule has 0 aliphatic heterocycles. The lowest BCUT2D eigenvalue weighted by atomic mass is 9.93. The molecule has 0 aliphatic rings. The first-order valence-corrected chi connectivity index (χ1v) is 11.1. The van der Waals surface area contributed by atoms with Gasteiger partial charge in [-0.05, 0) is 65.9 Å².